The molecule has 0 aliphatic rings. The molecular formula is C12H13ClN4O2. The molecule has 19 heavy (non-hydrogen) atoms. The van der Waals surface area contributed by atoms with Crippen LogP contribution >= 0.6 is 11.6 Å². The Morgan fingerprint density at radius 3 is 2.68 bits per heavy atom. The van der Waals surface area contributed by atoms with Crippen molar-refractivity contribution in [3.05, 3.63) is 34.9 Å². The van der Waals surface area contributed by atoms with Gasteiger partial charge in [0, 0.05) is 12.1 Å². The van der Waals surface area contributed by atoms with Gasteiger partial charge in [-0.05, 0) is 17.7 Å². The molecule has 1 N–H and O–H groups in total. The summed E-state index contributed by atoms with van der Waals surface area (Å²) in [6, 6.07) is 7.77. The topological polar surface area (TPSA) is 69.2 Å². The summed E-state index contributed by atoms with van der Waals surface area (Å²) in [6.07, 6.45) is 0. The molecule has 1 aromatic carbocycles. The Balaban J connectivity index is 2.10. The Bertz CT molecular complexity index is 543. The summed E-state index contributed by atoms with van der Waals surface area (Å²) in [5, 5.41) is 3.46. The van der Waals surface area contributed by atoms with Crippen LogP contribution in [0.1, 0.15) is 5.56 Å². The van der Waals surface area contributed by atoms with Crippen molar-refractivity contribution in [1.82, 2.24) is 15.0 Å². The fraction of sp³-hybridized carbons (Fsp3) is 0.250. The van der Waals surface area contributed by atoms with Crippen LogP contribution in [0.5, 0.6) is 12.0 Å². The van der Waals surface area contributed by atoms with Crippen LogP contribution in [0.15, 0.2) is 24.3 Å². The molecule has 1 aromatic heterocycles. The zero-order valence-corrected chi connectivity index (χ0v) is 11.3. The number of nitrogens with zero attached hydrogens (tertiary/aromatic N) is 3. The predicted octanol–water partition coefficient (Wildman–Crippen LogP) is 2.15. The predicted molar refractivity (Wildman–Crippen MR) is 71.7 cm³/mol. The molecule has 0 amide bonds. The number of methoxy groups -OCH3 is 1. The molecule has 0 saturated carbocycles. The van der Waals surface area contributed by atoms with E-state index < -0.39 is 0 Å². The number of nitrogens with one attached hydrogen (secondary N) is 1. The number of anilines is 1. The van der Waals surface area contributed by atoms with E-state index in [2.05, 4.69) is 20.3 Å². The number of hydrogen-bond acceptors (Lipinski definition) is 6. The highest BCUT2D eigenvalue weighted by atomic mass is 35.5. The first kappa shape index (κ1) is 13.4. The van der Waals surface area contributed by atoms with Gasteiger partial charge in [-0.2, -0.15) is 9.97 Å². The lowest BCUT2D eigenvalue weighted by Crippen LogP contribution is -2.05. The highest BCUT2D eigenvalue weighted by Crippen LogP contribution is 2.15. The van der Waals surface area contributed by atoms with Crippen molar-refractivity contribution in [2.24, 2.45) is 0 Å². The first-order valence-electron chi connectivity index (χ1n) is 5.56. The van der Waals surface area contributed by atoms with Crippen molar-refractivity contribution in [3.8, 4) is 12.0 Å². The molecule has 6 nitrogen and oxygen atoms in total. The largest absolute Gasteiger partial charge is 0.467 e. The minimum Gasteiger partial charge on any atom is -0.467 e. The molecule has 2 rings (SSSR count). The van der Waals surface area contributed by atoms with Gasteiger partial charge in [0.05, 0.1) is 7.11 Å². The van der Waals surface area contributed by atoms with Crippen LogP contribution in [0, 0.1) is 0 Å². The van der Waals surface area contributed by atoms with Gasteiger partial charge in [-0.15, -0.1) is 4.98 Å². The minimum absolute atomic E-state index is 0.191. The Kier molecular flexibility index (Phi) is 4.35. The molecule has 0 bridgehead atoms. The van der Waals surface area contributed by atoms with E-state index in [9.17, 15) is 0 Å². The first-order valence-corrected chi connectivity index (χ1v) is 5.94. The normalized spacial score (nSPS) is 10.1. The maximum absolute atomic E-state index is 5.90. The second kappa shape index (κ2) is 6.19. The fourth-order valence-corrected chi connectivity index (χ4v) is 1.59. The van der Waals surface area contributed by atoms with E-state index in [1.807, 2.05) is 18.2 Å². The third kappa shape index (κ3) is 3.69. The maximum Gasteiger partial charge on any atom is 0.324 e. The maximum atomic E-state index is 5.90. The van der Waals surface area contributed by atoms with E-state index in [4.69, 9.17) is 21.1 Å². The average molecular weight is 281 g/mol. The van der Waals surface area contributed by atoms with Crippen LogP contribution < -0.4 is 14.8 Å². The third-order valence-corrected chi connectivity index (χ3v) is 2.49. The molecule has 2 aromatic rings. The van der Waals surface area contributed by atoms with Crippen molar-refractivity contribution >= 4 is 17.5 Å². The van der Waals surface area contributed by atoms with E-state index in [0.717, 1.165) is 5.56 Å². The lowest BCUT2D eigenvalue weighted by molar-refractivity contribution is 0.271. The Hall–Kier alpha value is -2.08. The van der Waals surface area contributed by atoms with Gasteiger partial charge in [-0.1, -0.05) is 23.7 Å². The quantitative estimate of drug-likeness (QED) is 0.905. The molecule has 0 unspecified atom stereocenters. The van der Waals surface area contributed by atoms with E-state index in [-0.39, 0.29) is 12.0 Å². The van der Waals surface area contributed by atoms with Gasteiger partial charge >= 0.3 is 12.0 Å². The molecule has 0 fully saturated rings. The van der Waals surface area contributed by atoms with Gasteiger partial charge in [0.2, 0.25) is 5.95 Å². The average Bonchev–Trinajstić information content (AvgIpc) is 2.44. The van der Waals surface area contributed by atoms with E-state index >= 15 is 0 Å². The van der Waals surface area contributed by atoms with Gasteiger partial charge in [-0.25, -0.2) is 0 Å². The molecule has 0 aliphatic carbocycles. The summed E-state index contributed by atoms with van der Waals surface area (Å²) in [5.41, 5.74) is 0.929. The molecule has 0 aliphatic heterocycles. The van der Waals surface area contributed by atoms with Gasteiger partial charge in [0.1, 0.15) is 6.61 Å². The van der Waals surface area contributed by atoms with Gasteiger partial charge < -0.3 is 14.8 Å². The van der Waals surface area contributed by atoms with E-state index in [1.165, 1.54) is 7.11 Å². The lowest BCUT2D eigenvalue weighted by atomic mass is 10.2. The SMILES string of the molecule is CNc1nc(OC)nc(OCc2cccc(Cl)c2)n1. The standard InChI is InChI=1S/C12H13ClN4O2/c1-14-10-15-11(18-2)17-12(16-10)19-7-8-4-3-5-9(13)6-8/h3-6H,7H2,1-2H3,(H,14,15,16,17). The number of halogens is 1. The number of ether oxygens (including phenoxy) is 2. The summed E-state index contributed by atoms with van der Waals surface area (Å²) >= 11 is 5.90. The van der Waals surface area contributed by atoms with Gasteiger partial charge in [0.25, 0.3) is 0 Å². The van der Waals surface area contributed by atoms with Crippen molar-refractivity contribution in [2.75, 3.05) is 19.5 Å². The van der Waals surface area contributed by atoms with Crippen LogP contribution in [0.4, 0.5) is 5.95 Å². The van der Waals surface area contributed by atoms with Crippen molar-refractivity contribution in [3.63, 3.8) is 0 Å². The third-order valence-electron chi connectivity index (χ3n) is 2.26. The lowest BCUT2D eigenvalue weighted by Gasteiger charge is -2.07. The summed E-state index contributed by atoms with van der Waals surface area (Å²) in [5.74, 6) is 0.382. The van der Waals surface area contributed by atoms with Crippen LogP contribution in [0.2, 0.25) is 5.02 Å². The molecule has 0 spiro atoms. The molecule has 0 atom stereocenters. The highest BCUT2D eigenvalue weighted by Gasteiger charge is 2.07. The Labute approximate surface area is 115 Å². The zero-order chi connectivity index (χ0) is 13.7. The number of rotatable bonds is 5. The van der Waals surface area contributed by atoms with Gasteiger partial charge in [0.15, 0.2) is 0 Å². The van der Waals surface area contributed by atoms with Crippen LogP contribution in [-0.2, 0) is 6.61 Å². The summed E-state index contributed by atoms with van der Waals surface area (Å²) in [4.78, 5) is 12.0. The number of aromatic nitrogens is 3. The minimum atomic E-state index is 0.191. The zero-order valence-electron chi connectivity index (χ0n) is 10.6. The smallest absolute Gasteiger partial charge is 0.324 e. The molecule has 1 heterocycles. The van der Waals surface area contributed by atoms with Crippen molar-refractivity contribution in [1.29, 1.82) is 0 Å². The molecular weight excluding hydrogens is 268 g/mol. The molecule has 7 heteroatoms. The van der Waals surface area contributed by atoms with Crippen LogP contribution in [0.25, 0.3) is 0 Å². The Morgan fingerprint density at radius 2 is 2.00 bits per heavy atom. The van der Waals surface area contributed by atoms with Crippen molar-refractivity contribution < 1.29 is 9.47 Å². The second-order valence-corrected chi connectivity index (χ2v) is 4.03. The monoisotopic (exact) mass is 280 g/mol. The van der Waals surface area contributed by atoms with Gasteiger partial charge in [-0.3, -0.25) is 0 Å². The first-order chi connectivity index (χ1) is 9.21. The molecule has 100 valence electrons. The molecule has 0 radical (unpaired) electrons. The van der Waals surface area contributed by atoms with E-state index in [1.54, 1.807) is 13.1 Å². The van der Waals surface area contributed by atoms with E-state index in [0.29, 0.717) is 17.6 Å². The number of benzene rings is 1. The fourth-order valence-electron chi connectivity index (χ4n) is 1.38. The number of hydrogen-bond donors (Lipinski definition) is 1. The summed E-state index contributed by atoms with van der Waals surface area (Å²) in [7, 11) is 3.19. The highest BCUT2D eigenvalue weighted by molar-refractivity contribution is 6.30. The van der Waals surface area contributed by atoms with Crippen LogP contribution in [-0.4, -0.2) is 29.1 Å². The molecule has 0 saturated heterocycles. The second-order valence-electron chi connectivity index (χ2n) is 3.60. The van der Waals surface area contributed by atoms with Crippen LogP contribution in [0.3, 0.4) is 0 Å². The Morgan fingerprint density at radius 1 is 1.21 bits per heavy atom. The van der Waals surface area contributed by atoms with Crippen molar-refractivity contribution in [2.45, 2.75) is 6.61 Å². The summed E-state index contributed by atoms with van der Waals surface area (Å²) < 4.78 is 10.5. The summed E-state index contributed by atoms with van der Waals surface area (Å²) in [6.45, 7) is 0.316.